The first-order valence-electron chi connectivity index (χ1n) is 6.77. The molecule has 1 aliphatic carbocycles. The average Bonchev–Trinajstić information content (AvgIpc) is 3.09. The van der Waals surface area contributed by atoms with Crippen LogP contribution in [0.2, 0.25) is 0 Å². The van der Waals surface area contributed by atoms with E-state index >= 15 is 0 Å². The normalized spacial score (nSPS) is 22.2. The van der Waals surface area contributed by atoms with Crippen LogP contribution >= 0.6 is 11.6 Å². The van der Waals surface area contributed by atoms with Gasteiger partial charge in [0.05, 0.1) is 23.1 Å². The molecule has 1 saturated carbocycles. The molecule has 0 amide bonds. The van der Waals surface area contributed by atoms with E-state index in [1.165, 1.54) is 0 Å². The quantitative estimate of drug-likeness (QED) is 0.814. The van der Waals surface area contributed by atoms with Crippen molar-refractivity contribution >= 4 is 22.6 Å². The van der Waals surface area contributed by atoms with Crippen LogP contribution in [0.5, 0.6) is 0 Å². The highest BCUT2D eigenvalue weighted by atomic mass is 35.5. The van der Waals surface area contributed by atoms with E-state index in [0.717, 1.165) is 36.1 Å². The Balaban J connectivity index is 2.12. The van der Waals surface area contributed by atoms with Gasteiger partial charge in [0.2, 0.25) is 0 Å². The third-order valence-corrected chi connectivity index (χ3v) is 4.33. The van der Waals surface area contributed by atoms with Gasteiger partial charge in [-0.3, -0.25) is 0 Å². The maximum absolute atomic E-state index is 9.20. The van der Waals surface area contributed by atoms with E-state index in [2.05, 4.69) is 15.6 Å². The minimum atomic E-state index is 0.305. The largest absolute Gasteiger partial charge is 0.381 e. The van der Waals surface area contributed by atoms with Crippen molar-refractivity contribution in [3.8, 4) is 6.07 Å². The molecule has 2 aromatic rings. The van der Waals surface area contributed by atoms with Crippen LogP contribution in [-0.2, 0) is 10.6 Å². The molecule has 4 nitrogen and oxygen atoms in total. The van der Waals surface area contributed by atoms with Crippen molar-refractivity contribution in [2.45, 2.75) is 37.3 Å². The number of alkyl halides is 1. The molecule has 2 atom stereocenters. The molecular weight excluding hydrogens is 274 g/mol. The molecule has 1 aromatic carbocycles. The smallest absolute Gasteiger partial charge is 0.125 e. The predicted molar refractivity (Wildman–Crippen MR) is 77.7 cm³/mol. The number of fused-ring (bicyclic) bond motifs is 1. The molecule has 0 aliphatic heterocycles. The number of benzene rings is 1. The highest BCUT2D eigenvalue weighted by molar-refractivity contribution is 6.16. The van der Waals surface area contributed by atoms with Crippen LogP contribution in [0, 0.1) is 11.3 Å². The summed E-state index contributed by atoms with van der Waals surface area (Å²) >= 11 is 6.05. The van der Waals surface area contributed by atoms with Crippen LogP contribution in [0.3, 0.4) is 0 Å². The molecule has 1 aromatic heterocycles. The number of halogens is 1. The molecule has 5 heteroatoms. The van der Waals surface area contributed by atoms with Gasteiger partial charge in [-0.2, -0.15) is 5.26 Å². The van der Waals surface area contributed by atoms with Crippen LogP contribution in [0.15, 0.2) is 18.2 Å². The zero-order valence-corrected chi connectivity index (χ0v) is 12.1. The first-order chi connectivity index (χ1) is 9.78. The monoisotopic (exact) mass is 289 g/mol. The summed E-state index contributed by atoms with van der Waals surface area (Å²) in [4.78, 5) is 4.57. The number of para-hydroxylation sites is 1. The molecule has 104 valence electrons. The van der Waals surface area contributed by atoms with E-state index < -0.39 is 0 Å². The van der Waals surface area contributed by atoms with E-state index in [9.17, 15) is 5.26 Å². The second kappa shape index (κ2) is 5.43. The number of methoxy groups -OCH3 is 1. The van der Waals surface area contributed by atoms with Gasteiger partial charge < -0.3 is 9.30 Å². The van der Waals surface area contributed by atoms with E-state index in [0.29, 0.717) is 23.6 Å². The highest BCUT2D eigenvalue weighted by Crippen LogP contribution is 2.36. The van der Waals surface area contributed by atoms with Crippen molar-refractivity contribution in [3.63, 3.8) is 0 Å². The minimum absolute atomic E-state index is 0.305. The Bertz CT molecular complexity index is 674. The second-order valence-electron chi connectivity index (χ2n) is 5.14. The number of nitriles is 1. The Hall–Kier alpha value is -1.57. The van der Waals surface area contributed by atoms with Gasteiger partial charge in [-0.15, -0.1) is 11.6 Å². The molecule has 0 saturated heterocycles. The summed E-state index contributed by atoms with van der Waals surface area (Å²) < 4.78 is 7.65. The standard InChI is InChI=1S/C15H16ClN3O/c1-20-12-6-5-11(7-12)19-13-4-2-3-10(9-17)15(13)18-14(19)8-16/h2-4,11-12H,5-8H2,1H3. The number of aromatic nitrogens is 2. The molecule has 0 bridgehead atoms. The third kappa shape index (κ3) is 2.07. The Morgan fingerprint density at radius 3 is 3.00 bits per heavy atom. The molecule has 20 heavy (non-hydrogen) atoms. The van der Waals surface area contributed by atoms with Crippen LogP contribution < -0.4 is 0 Å². The summed E-state index contributed by atoms with van der Waals surface area (Å²) in [6, 6.07) is 8.27. The summed E-state index contributed by atoms with van der Waals surface area (Å²) in [6.45, 7) is 0. The highest BCUT2D eigenvalue weighted by Gasteiger charge is 2.28. The van der Waals surface area contributed by atoms with E-state index in [1.54, 1.807) is 13.2 Å². The number of rotatable bonds is 3. The predicted octanol–water partition coefficient (Wildman–Crippen LogP) is 3.39. The molecule has 3 rings (SSSR count). The van der Waals surface area contributed by atoms with Crippen molar-refractivity contribution in [1.82, 2.24) is 9.55 Å². The summed E-state index contributed by atoms with van der Waals surface area (Å²) in [5, 5.41) is 9.20. The lowest BCUT2D eigenvalue weighted by Gasteiger charge is -2.16. The average molecular weight is 290 g/mol. The summed E-state index contributed by atoms with van der Waals surface area (Å²) in [7, 11) is 1.76. The Morgan fingerprint density at radius 2 is 2.35 bits per heavy atom. The van der Waals surface area contributed by atoms with Crippen LogP contribution in [0.25, 0.3) is 11.0 Å². The van der Waals surface area contributed by atoms with Gasteiger partial charge in [0.25, 0.3) is 0 Å². The third-order valence-electron chi connectivity index (χ3n) is 4.09. The van der Waals surface area contributed by atoms with Gasteiger partial charge in [-0.1, -0.05) is 6.07 Å². The van der Waals surface area contributed by atoms with Gasteiger partial charge >= 0.3 is 0 Å². The number of hydrogen-bond donors (Lipinski definition) is 0. The van der Waals surface area contributed by atoms with Gasteiger partial charge in [0.1, 0.15) is 17.4 Å². The summed E-state index contributed by atoms with van der Waals surface area (Å²) in [6.07, 6.45) is 3.40. The van der Waals surface area contributed by atoms with Crippen molar-refractivity contribution in [2.75, 3.05) is 7.11 Å². The number of hydrogen-bond acceptors (Lipinski definition) is 3. The van der Waals surface area contributed by atoms with Crippen molar-refractivity contribution < 1.29 is 4.74 Å². The summed E-state index contributed by atoms with van der Waals surface area (Å²) in [5.41, 5.74) is 2.36. The number of nitrogens with zero attached hydrogens (tertiary/aromatic N) is 3. The zero-order chi connectivity index (χ0) is 14.1. The fourth-order valence-electron chi connectivity index (χ4n) is 3.12. The Labute approximate surface area is 122 Å². The van der Waals surface area contributed by atoms with Crippen LogP contribution in [0.1, 0.15) is 36.7 Å². The molecule has 2 unspecified atom stereocenters. The zero-order valence-electron chi connectivity index (χ0n) is 11.3. The fourth-order valence-corrected chi connectivity index (χ4v) is 3.31. The maximum atomic E-state index is 9.20. The van der Waals surface area contributed by atoms with E-state index in [-0.39, 0.29) is 0 Å². The van der Waals surface area contributed by atoms with Gasteiger partial charge in [0.15, 0.2) is 0 Å². The molecule has 1 fully saturated rings. The minimum Gasteiger partial charge on any atom is -0.381 e. The fraction of sp³-hybridized carbons (Fsp3) is 0.467. The van der Waals surface area contributed by atoms with Crippen molar-refractivity contribution in [1.29, 1.82) is 5.26 Å². The van der Waals surface area contributed by atoms with Crippen LogP contribution in [-0.4, -0.2) is 22.8 Å². The lowest BCUT2D eigenvalue weighted by Crippen LogP contribution is -2.11. The Morgan fingerprint density at radius 1 is 1.50 bits per heavy atom. The topological polar surface area (TPSA) is 50.8 Å². The molecule has 0 spiro atoms. The molecule has 1 aliphatic rings. The van der Waals surface area contributed by atoms with Gasteiger partial charge in [-0.05, 0) is 31.4 Å². The number of ether oxygens (including phenoxy) is 1. The van der Waals surface area contributed by atoms with Crippen LogP contribution in [0.4, 0.5) is 0 Å². The first kappa shape index (κ1) is 13.4. The maximum Gasteiger partial charge on any atom is 0.125 e. The van der Waals surface area contributed by atoms with E-state index in [4.69, 9.17) is 16.3 Å². The summed E-state index contributed by atoms with van der Waals surface area (Å²) in [5.74, 6) is 1.19. The SMILES string of the molecule is COC1CCC(n2c(CCl)nc3c(C#N)cccc32)C1. The molecule has 0 N–H and O–H groups in total. The Kier molecular flexibility index (Phi) is 3.64. The lowest BCUT2D eigenvalue weighted by molar-refractivity contribution is 0.106. The molecule has 1 heterocycles. The van der Waals surface area contributed by atoms with Crippen molar-refractivity contribution in [3.05, 3.63) is 29.6 Å². The second-order valence-corrected chi connectivity index (χ2v) is 5.41. The molecule has 0 radical (unpaired) electrons. The van der Waals surface area contributed by atoms with Crippen molar-refractivity contribution in [2.24, 2.45) is 0 Å². The van der Waals surface area contributed by atoms with E-state index in [1.807, 2.05) is 12.1 Å². The van der Waals surface area contributed by atoms with Gasteiger partial charge in [0, 0.05) is 13.2 Å². The van der Waals surface area contributed by atoms with Gasteiger partial charge in [-0.25, -0.2) is 4.98 Å². The number of imidazole rings is 1. The first-order valence-corrected chi connectivity index (χ1v) is 7.30. The lowest BCUT2D eigenvalue weighted by atomic mass is 10.2. The molecular formula is C15H16ClN3O.